The molecule has 0 bridgehead atoms. The lowest BCUT2D eigenvalue weighted by molar-refractivity contribution is -0.121. The Bertz CT molecular complexity index is 670. The first-order valence-electron chi connectivity index (χ1n) is 8.28. The van der Waals surface area contributed by atoms with E-state index in [1.807, 2.05) is 50.2 Å². The molecule has 1 amide bonds. The van der Waals surface area contributed by atoms with Gasteiger partial charge in [0.15, 0.2) is 0 Å². The highest BCUT2D eigenvalue weighted by molar-refractivity contribution is 8.00. The van der Waals surface area contributed by atoms with Crippen LogP contribution in [0.15, 0.2) is 53.4 Å². The van der Waals surface area contributed by atoms with Crippen molar-refractivity contribution in [1.82, 2.24) is 5.32 Å². The molecule has 0 aliphatic carbocycles. The molecular weight excluding hydrogens is 334 g/mol. The minimum Gasteiger partial charge on any atom is -0.497 e. The number of rotatable bonds is 8. The Labute approximate surface area is 153 Å². The van der Waals surface area contributed by atoms with Gasteiger partial charge in [0, 0.05) is 4.90 Å². The number of ether oxygens (including phenoxy) is 2. The second-order valence-electron chi connectivity index (χ2n) is 5.97. The van der Waals surface area contributed by atoms with Gasteiger partial charge in [-0.05, 0) is 57.2 Å². The average molecular weight is 359 g/mol. The van der Waals surface area contributed by atoms with E-state index in [1.165, 1.54) is 5.56 Å². The van der Waals surface area contributed by atoms with Gasteiger partial charge in [-0.2, -0.15) is 0 Å². The van der Waals surface area contributed by atoms with Crippen molar-refractivity contribution in [3.63, 3.8) is 0 Å². The van der Waals surface area contributed by atoms with Crippen LogP contribution in [0.1, 0.15) is 19.4 Å². The molecule has 0 aromatic heterocycles. The Balaban J connectivity index is 1.77. The van der Waals surface area contributed by atoms with Crippen molar-refractivity contribution in [3.8, 4) is 11.5 Å². The summed E-state index contributed by atoms with van der Waals surface area (Å²) in [5.41, 5.74) is 1.21. The van der Waals surface area contributed by atoms with Crippen LogP contribution in [-0.4, -0.2) is 30.9 Å². The molecule has 25 heavy (non-hydrogen) atoms. The number of thioether (sulfide) groups is 1. The third-order valence-corrected chi connectivity index (χ3v) is 4.76. The number of carbonyl (C=O) groups is 1. The molecule has 4 nitrogen and oxygen atoms in total. The van der Waals surface area contributed by atoms with Gasteiger partial charge < -0.3 is 14.8 Å². The van der Waals surface area contributed by atoms with Crippen LogP contribution in [0.2, 0.25) is 0 Å². The van der Waals surface area contributed by atoms with Crippen LogP contribution in [-0.2, 0) is 4.79 Å². The molecule has 0 aliphatic rings. The fourth-order valence-electron chi connectivity index (χ4n) is 2.17. The molecule has 2 aromatic rings. The first-order valence-corrected chi connectivity index (χ1v) is 9.16. The molecule has 1 N–H and O–H groups in total. The molecule has 0 fully saturated rings. The summed E-state index contributed by atoms with van der Waals surface area (Å²) in [7, 11) is 1.63. The number of methoxy groups -OCH3 is 1. The van der Waals surface area contributed by atoms with Gasteiger partial charge in [-0.1, -0.05) is 17.7 Å². The Kier molecular flexibility index (Phi) is 7.19. The second-order valence-corrected chi connectivity index (χ2v) is 7.38. The first-order chi connectivity index (χ1) is 12.0. The smallest absolute Gasteiger partial charge is 0.233 e. The summed E-state index contributed by atoms with van der Waals surface area (Å²) < 4.78 is 10.8. The number of aryl methyl sites for hydroxylation is 1. The molecule has 2 aromatic carbocycles. The van der Waals surface area contributed by atoms with Gasteiger partial charge in [-0.3, -0.25) is 4.79 Å². The van der Waals surface area contributed by atoms with Crippen molar-refractivity contribution in [2.45, 2.75) is 37.0 Å². The van der Waals surface area contributed by atoms with Gasteiger partial charge in [0.05, 0.1) is 18.4 Å². The van der Waals surface area contributed by atoms with Crippen LogP contribution in [0.4, 0.5) is 0 Å². The van der Waals surface area contributed by atoms with E-state index in [-0.39, 0.29) is 17.2 Å². The molecule has 0 aliphatic heterocycles. The zero-order chi connectivity index (χ0) is 18.2. The lowest BCUT2D eigenvalue weighted by atomic mass is 10.2. The van der Waals surface area contributed by atoms with Crippen LogP contribution >= 0.6 is 11.8 Å². The lowest BCUT2D eigenvalue weighted by Crippen LogP contribution is -2.40. The molecule has 0 radical (unpaired) electrons. The van der Waals surface area contributed by atoms with Crippen molar-refractivity contribution in [1.29, 1.82) is 0 Å². The largest absolute Gasteiger partial charge is 0.497 e. The van der Waals surface area contributed by atoms with Crippen LogP contribution in [0.25, 0.3) is 0 Å². The van der Waals surface area contributed by atoms with E-state index < -0.39 is 0 Å². The van der Waals surface area contributed by atoms with E-state index in [1.54, 1.807) is 18.9 Å². The molecule has 0 spiro atoms. The topological polar surface area (TPSA) is 47.6 Å². The molecule has 0 heterocycles. The quantitative estimate of drug-likeness (QED) is 0.722. The average Bonchev–Trinajstić information content (AvgIpc) is 2.62. The van der Waals surface area contributed by atoms with Crippen LogP contribution < -0.4 is 14.8 Å². The minimum absolute atomic E-state index is 0.0106. The Morgan fingerprint density at radius 1 is 1.04 bits per heavy atom. The highest BCUT2D eigenvalue weighted by atomic mass is 32.2. The van der Waals surface area contributed by atoms with Gasteiger partial charge >= 0.3 is 0 Å². The van der Waals surface area contributed by atoms with Crippen LogP contribution in [0.3, 0.4) is 0 Å². The maximum atomic E-state index is 12.3. The molecule has 0 unspecified atom stereocenters. The summed E-state index contributed by atoms with van der Waals surface area (Å²) in [6.07, 6.45) is 0. The maximum absolute atomic E-state index is 12.3. The molecule has 0 saturated carbocycles. The fourth-order valence-corrected chi connectivity index (χ4v) is 3.05. The molecule has 0 saturated heterocycles. The summed E-state index contributed by atoms with van der Waals surface area (Å²) in [4.78, 5) is 13.4. The standard InChI is InChI=1S/C20H25NO3S/c1-14-5-11-19(12-6-14)25-16(3)20(22)21-15(2)13-24-18-9-7-17(23-4)8-10-18/h5-12,15-16H,13H2,1-4H3,(H,21,22)/t15-,16+/m1/s1. The van der Waals surface area contributed by atoms with Crippen molar-refractivity contribution >= 4 is 17.7 Å². The number of hydrogen-bond acceptors (Lipinski definition) is 4. The Hall–Kier alpha value is -2.14. The van der Waals surface area contributed by atoms with E-state index in [2.05, 4.69) is 24.4 Å². The van der Waals surface area contributed by atoms with E-state index in [0.29, 0.717) is 6.61 Å². The third kappa shape index (κ3) is 6.35. The molecule has 2 atom stereocenters. The predicted molar refractivity (Wildman–Crippen MR) is 103 cm³/mol. The zero-order valence-electron chi connectivity index (χ0n) is 15.1. The minimum atomic E-state index is -0.161. The Morgan fingerprint density at radius 3 is 2.24 bits per heavy atom. The van der Waals surface area contributed by atoms with Gasteiger partial charge in [-0.15, -0.1) is 11.8 Å². The third-order valence-electron chi connectivity index (χ3n) is 3.65. The molecular formula is C20H25NO3S. The molecule has 5 heteroatoms. The normalized spacial score (nSPS) is 13.0. The van der Waals surface area contributed by atoms with Crippen molar-refractivity contribution in [2.24, 2.45) is 0 Å². The summed E-state index contributed by atoms with van der Waals surface area (Å²) in [5.74, 6) is 1.55. The summed E-state index contributed by atoms with van der Waals surface area (Å²) in [5, 5.41) is 2.83. The van der Waals surface area contributed by atoms with Crippen LogP contribution in [0, 0.1) is 6.92 Å². The lowest BCUT2D eigenvalue weighted by Gasteiger charge is -2.18. The van der Waals surface area contributed by atoms with Crippen LogP contribution in [0.5, 0.6) is 11.5 Å². The van der Waals surface area contributed by atoms with Gasteiger partial charge in [0.25, 0.3) is 0 Å². The molecule has 2 rings (SSSR count). The van der Waals surface area contributed by atoms with E-state index in [9.17, 15) is 4.79 Å². The monoisotopic (exact) mass is 359 g/mol. The summed E-state index contributed by atoms with van der Waals surface area (Å²) >= 11 is 1.55. The summed E-state index contributed by atoms with van der Waals surface area (Å²) in [6.45, 7) is 6.32. The van der Waals surface area contributed by atoms with Crippen molar-refractivity contribution in [2.75, 3.05) is 13.7 Å². The van der Waals surface area contributed by atoms with Crippen molar-refractivity contribution in [3.05, 3.63) is 54.1 Å². The SMILES string of the molecule is COc1ccc(OC[C@@H](C)NC(=O)[C@H](C)Sc2ccc(C)cc2)cc1. The number of hydrogen-bond donors (Lipinski definition) is 1. The first kappa shape index (κ1) is 19.2. The number of nitrogens with one attached hydrogen (secondary N) is 1. The van der Waals surface area contributed by atoms with Gasteiger partial charge in [-0.25, -0.2) is 0 Å². The Morgan fingerprint density at radius 2 is 1.64 bits per heavy atom. The van der Waals surface area contributed by atoms with Gasteiger partial charge in [0.2, 0.25) is 5.91 Å². The zero-order valence-corrected chi connectivity index (χ0v) is 15.9. The summed E-state index contributed by atoms with van der Waals surface area (Å²) in [6, 6.07) is 15.5. The highest BCUT2D eigenvalue weighted by Crippen LogP contribution is 2.23. The molecule has 134 valence electrons. The predicted octanol–water partition coefficient (Wildman–Crippen LogP) is 4.07. The number of benzene rings is 2. The maximum Gasteiger partial charge on any atom is 0.233 e. The number of carbonyl (C=O) groups excluding carboxylic acids is 1. The van der Waals surface area contributed by atoms with Gasteiger partial charge in [0.1, 0.15) is 18.1 Å². The highest BCUT2D eigenvalue weighted by Gasteiger charge is 2.16. The van der Waals surface area contributed by atoms with E-state index in [0.717, 1.165) is 16.4 Å². The van der Waals surface area contributed by atoms with E-state index in [4.69, 9.17) is 9.47 Å². The number of amides is 1. The van der Waals surface area contributed by atoms with Crippen molar-refractivity contribution < 1.29 is 14.3 Å². The second kappa shape index (κ2) is 9.37. The fraction of sp³-hybridized carbons (Fsp3) is 0.350. The van der Waals surface area contributed by atoms with E-state index >= 15 is 0 Å².